The van der Waals surface area contributed by atoms with Crippen LogP contribution in [0.1, 0.15) is 33.6 Å². The van der Waals surface area contributed by atoms with Gasteiger partial charge in [0.05, 0.1) is 6.19 Å². The third kappa shape index (κ3) is 3.72. The molecule has 1 amide bonds. The average Bonchev–Trinajstić information content (AvgIpc) is 2.51. The Bertz CT molecular complexity index is 342. The second-order valence-corrected chi connectivity index (χ2v) is 6.51. The second kappa shape index (κ2) is 5.53. The molecule has 2 rings (SSSR count). The van der Waals surface area contributed by atoms with Gasteiger partial charge in [0.15, 0.2) is 0 Å². The van der Waals surface area contributed by atoms with Gasteiger partial charge in [0, 0.05) is 6.04 Å². The van der Waals surface area contributed by atoms with Gasteiger partial charge in [-0.05, 0) is 58.5 Å². The van der Waals surface area contributed by atoms with Crippen molar-refractivity contribution < 1.29 is 14.3 Å². The highest BCUT2D eigenvalue weighted by atomic mass is 16.6. The Balaban J connectivity index is 1.89. The molecule has 2 aliphatic rings. The Morgan fingerprint density at radius 2 is 1.89 bits per heavy atom. The van der Waals surface area contributed by atoms with Crippen molar-refractivity contribution in [3.8, 4) is 0 Å². The molecule has 1 aliphatic heterocycles. The molecule has 5 nitrogen and oxygen atoms in total. The molecule has 2 unspecified atom stereocenters. The van der Waals surface area contributed by atoms with Crippen LogP contribution >= 0.6 is 0 Å². The average molecular weight is 265 g/mol. The summed E-state index contributed by atoms with van der Waals surface area (Å²) < 4.78 is 5.31. The van der Waals surface area contributed by atoms with Crippen molar-refractivity contribution in [3.63, 3.8) is 0 Å². The third-order valence-corrected chi connectivity index (χ3v) is 3.82. The monoisotopic (exact) mass is 265 g/mol. The Morgan fingerprint density at radius 1 is 1.32 bits per heavy atom. The number of carbonyl (C=O) groups is 2. The maximum Gasteiger partial charge on any atom is 0.407 e. The Morgan fingerprint density at radius 3 is 2.37 bits per heavy atom. The maximum atomic E-state index is 11.8. The van der Waals surface area contributed by atoms with E-state index in [4.69, 9.17) is 4.74 Å². The van der Waals surface area contributed by atoms with Crippen LogP contribution in [0.25, 0.3) is 0 Å². The molecule has 0 aromatic rings. The normalized spacial score (nSPS) is 30.8. The number of piperidine rings is 1. The smallest absolute Gasteiger partial charge is 0.407 e. The Kier molecular flexibility index (Phi) is 4.18. The van der Waals surface area contributed by atoms with Crippen molar-refractivity contribution in [3.05, 3.63) is 0 Å². The highest BCUT2D eigenvalue weighted by molar-refractivity contribution is 6.64. The molecule has 105 valence electrons. The molecule has 0 aromatic heterocycles. The molecular formula is C13H22BN2O3. The molecule has 2 atom stereocenters. The van der Waals surface area contributed by atoms with Crippen LogP contribution in [-0.2, 0) is 9.53 Å². The number of amides is 1. The SMILES string of the molecule is CC(C)(C)OC(=O)NC1C2CCC1CN([B]C=O)C2. The van der Waals surface area contributed by atoms with Gasteiger partial charge in [0.25, 0.3) is 7.41 Å². The number of nitrogens with zero attached hydrogens (tertiary/aromatic N) is 1. The zero-order valence-corrected chi connectivity index (χ0v) is 11.9. The summed E-state index contributed by atoms with van der Waals surface area (Å²) in [6, 6.07) is 0.186. The maximum absolute atomic E-state index is 11.8. The minimum absolute atomic E-state index is 0.186. The molecule has 1 heterocycles. The first-order valence-corrected chi connectivity index (χ1v) is 6.91. The first-order valence-electron chi connectivity index (χ1n) is 6.91. The largest absolute Gasteiger partial charge is 0.444 e. The molecule has 2 bridgehead atoms. The van der Waals surface area contributed by atoms with Crippen LogP contribution in [0.5, 0.6) is 0 Å². The summed E-state index contributed by atoms with van der Waals surface area (Å²) in [4.78, 5) is 24.4. The van der Waals surface area contributed by atoms with Crippen LogP contribution in [0.2, 0.25) is 0 Å². The summed E-state index contributed by atoms with van der Waals surface area (Å²) in [7, 11) is 1.61. The molecule has 1 radical (unpaired) electrons. The van der Waals surface area contributed by atoms with Crippen molar-refractivity contribution in [2.75, 3.05) is 13.1 Å². The van der Waals surface area contributed by atoms with Gasteiger partial charge in [0.2, 0.25) is 0 Å². The van der Waals surface area contributed by atoms with E-state index in [1.54, 1.807) is 7.41 Å². The van der Waals surface area contributed by atoms with Crippen LogP contribution in [-0.4, -0.2) is 49.2 Å². The molecule has 19 heavy (non-hydrogen) atoms. The number of carbonyl (C=O) groups excluding carboxylic acids is 2. The molecule has 0 spiro atoms. The van der Waals surface area contributed by atoms with Crippen molar-refractivity contribution >= 4 is 19.7 Å². The van der Waals surface area contributed by atoms with E-state index in [1.807, 2.05) is 20.8 Å². The summed E-state index contributed by atoms with van der Waals surface area (Å²) in [5.41, 5.74) is -0.463. The number of hydrogen-bond acceptors (Lipinski definition) is 4. The number of ether oxygens (including phenoxy) is 1. The van der Waals surface area contributed by atoms with E-state index in [-0.39, 0.29) is 12.1 Å². The number of rotatable bonds is 3. The third-order valence-electron chi connectivity index (χ3n) is 3.82. The van der Waals surface area contributed by atoms with E-state index in [9.17, 15) is 9.59 Å². The first-order chi connectivity index (χ1) is 8.89. The quantitative estimate of drug-likeness (QED) is 0.611. The van der Waals surface area contributed by atoms with Crippen LogP contribution in [0.3, 0.4) is 0 Å². The van der Waals surface area contributed by atoms with E-state index in [0.29, 0.717) is 11.8 Å². The molecule has 1 aliphatic carbocycles. The lowest BCUT2D eigenvalue weighted by Crippen LogP contribution is -2.54. The molecule has 1 N–H and O–H groups in total. The molecule has 0 aromatic carbocycles. The summed E-state index contributed by atoms with van der Waals surface area (Å²) in [6.07, 6.45) is 2.71. The predicted octanol–water partition coefficient (Wildman–Crippen LogP) is 1.03. The van der Waals surface area contributed by atoms with Crippen LogP contribution in [0.4, 0.5) is 4.79 Å². The zero-order valence-electron chi connectivity index (χ0n) is 11.9. The fourth-order valence-corrected chi connectivity index (χ4v) is 3.15. The lowest BCUT2D eigenvalue weighted by atomic mass is 9.84. The van der Waals surface area contributed by atoms with Gasteiger partial charge in [-0.2, -0.15) is 0 Å². The van der Waals surface area contributed by atoms with E-state index in [0.717, 1.165) is 32.1 Å². The van der Waals surface area contributed by atoms with E-state index < -0.39 is 5.60 Å². The van der Waals surface area contributed by atoms with Gasteiger partial charge in [-0.3, -0.25) is 0 Å². The highest BCUT2D eigenvalue weighted by Gasteiger charge is 2.42. The molecule has 1 saturated carbocycles. The first kappa shape index (κ1) is 14.4. The van der Waals surface area contributed by atoms with Gasteiger partial charge >= 0.3 is 6.09 Å². The van der Waals surface area contributed by atoms with Crippen molar-refractivity contribution in [1.29, 1.82) is 0 Å². The van der Waals surface area contributed by atoms with Crippen LogP contribution in [0, 0.1) is 11.8 Å². The lowest BCUT2D eigenvalue weighted by Gasteiger charge is -2.37. The number of hydrogen-bond donors (Lipinski definition) is 1. The lowest BCUT2D eigenvalue weighted by molar-refractivity contribution is 0.0452. The zero-order chi connectivity index (χ0) is 14.0. The van der Waals surface area contributed by atoms with Crippen LogP contribution in [0.15, 0.2) is 0 Å². The minimum Gasteiger partial charge on any atom is -0.444 e. The summed E-state index contributed by atoms with van der Waals surface area (Å²) >= 11 is 0. The fourth-order valence-electron chi connectivity index (χ4n) is 3.15. The molecule has 2 fully saturated rings. The number of nitrogens with one attached hydrogen (secondary N) is 1. The number of alkyl carbamates (subject to hydrolysis) is 1. The Hall–Kier alpha value is -1.04. The van der Waals surface area contributed by atoms with Gasteiger partial charge < -0.3 is 19.7 Å². The Labute approximate surface area is 115 Å². The van der Waals surface area contributed by atoms with E-state index >= 15 is 0 Å². The van der Waals surface area contributed by atoms with Crippen LogP contribution < -0.4 is 5.32 Å². The summed E-state index contributed by atoms with van der Waals surface area (Å²) in [6.45, 7) is 7.28. The highest BCUT2D eigenvalue weighted by Crippen LogP contribution is 2.36. The van der Waals surface area contributed by atoms with Gasteiger partial charge in [-0.15, -0.1) is 0 Å². The predicted molar refractivity (Wildman–Crippen MR) is 73.4 cm³/mol. The van der Waals surface area contributed by atoms with Crippen molar-refractivity contribution in [1.82, 2.24) is 10.1 Å². The van der Waals surface area contributed by atoms with Gasteiger partial charge in [-0.1, -0.05) is 0 Å². The molecule has 1 saturated heterocycles. The fraction of sp³-hybridized carbons (Fsp3) is 0.846. The van der Waals surface area contributed by atoms with Crippen molar-refractivity contribution in [2.45, 2.75) is 45.3 Å². The summed E-state index contributed by atoms with van der Waals surface area (Å²) in [5.74, 6) is 0.838. The topological polar surface area (TPSA) is 58.6 Å². The summed E-state index contributed by atoms with van der Waals surface area (Å²) in [5, 5.41) is 3.01. The number of fused-ring (bicyclic) bond motifs is 2. The minimum atomic E-state index is -0.463. The molecule has 6 heteroatoms. The van der Waals surface area contributed by atoms with E-state index in [2.05, 4.69) is 10.1 Å². The van der Waals surface area contributed by atoms with Crippen molar-refractivity contribution in [2.24, 2.45) is 11.8 Å². The van der Waals surface area contributed by atoms with Gasteiger partial charge in [0.1, 0.15) is 5.60 Å². The van der Waals surface area contributed by atoms with Gasteiger partial charge in [-0.25, -0.2) is 4.79 Å². The standard InChI is InChI=1S/C13H22BN2O3/c1-13(2,3)19-12(18)15-11-9-4-5-10(11)7-16(6-9)14-8-17/h8-11H,4-7H2,1-3H3,(H,15,18). The van der Waals surface area contributed by atoms with E-state index in [1.165, 1.54) is 0 Å². The second-order valence-electron chi connectivity index (χ2n) is 6.51. The molecular weight excluding hydrogens is 243 g/mol.